The highest BCUT2D eigenvalue weighted by atomic mass is 19.3. The van der Waals surface area contributed by atoms with E-state index in [1.807, 2.05) is 20.8 Å². The molecule has 170 valence electrons. The fourth-order valence-corrected chi connectivity index (χ4v) is 4.13. The number of hydrogen-bond acceptors (Lipinski definition) is 2. The predicted octanol–water partition coefficient (Wildman–Crippen LogP) is 4.92. The van der Waals surface area contributed by atoms with Gasteiger partial charge in [0.05, 0.1) is 13.1 Å². The number of rotatable bonds is 5. The van der Waals surface area contributed by atoms with Crippen molar-refractivity contribution < 1.29 is 22.8 Å². The Bertz CT molecular complexity index is 554. The molecule has 2 aliphatic heterocycles. The highest BCUT2D eigenvalue weighted by Crippen LogP contribution is 2.36. The Morgan fingerprint density at radius 2 is 1.62 bits per heavy atom. The first kappa shape index (κ1) is 25.8. The second kappa shape index (κ2) is 10.7. The van der Waals surface area contributed by atoms with Crippen LogP contribution in [0, 0.1) is 17.8 Å². The summed E-state index contributed by atoms with van der Waals surface area (Å²) in [4.78, 5) is 26.4. The number of amides is 2. The van der Waals surface area contributed by atoms with Gasteiger partial charge in [0.15, 0.2) is 0 Å². The highest BCUT2D eigenvalue weighted by Gasteiger charge is 2.48. The lowest BCUT2D eigenvalue weighted by Gasteiger charge is -2.28. The lowest BCUT2D eigenvalue weighted by atomic mass is 9.96. The van der Waals surface area contributed by atoms with Crippen LogP contribution in [-0.4, -0.2) is 58.9 Å². The fraction of sp³-hybridized carbons (Fsp3) is 0.909. The van der Waals surface area contributed by atoms with Crippen molar-refractivity contribution in [3.63, 3.8) is 0 Å². The molecule has 29 heavy (non-hydrogen) atoms. The van der Waals surface area contributed by atoms with Gasteiger partial charge in [0.2, 0.25) is 11.8 Å². The summed E-state index contributed by atoms with van der Waals surface area (Å²) in [6.07, 6.45) is 1.01. The molecule has 0 aromatic carbocycles. The van der Waals surface area contributed by atoms with Gasteiger partial charge < -0.3 is 9.80 Å². The van der Waals surface area contributed by atoms with E-state index in [9.17, 15) is 22.8 Å². The molecule has 0 spiro atoms. The molecule has 2 unspecified atom stereocenters. The molecule has 7 heteroatoms. The topological polar surface area (TPSA) is 40.6 Å². The molecule has 2 saturated heterocycles. The van der Waals surface area contributed by atoms with E-state index < -0.39 is 18.6 Å². The van der Waals surface area contributed by atoms with Crippen LogP contribution in [0.1, 0.15) is 74.1 Å². The summed E-state index contributed by atoms with van der Waals surface area (Å²) in [5, 5.41) is 0. The molecule has 0 aromatic rings. The number of alkyl halides is 3. The minimum atomic E-state index is -2.71. The monoisotopic (exact) mass is 420 g/mol. The third-order valence-corrected chi connectivity index (χ3v) is 6.07. The van der Waals surface area contributed by atoms with Gasteiger partial charge in [-0.3, -0.25) is 9.59 Å². The molecule has 0 radical (unpaired) electrons. The third kappa shape index (κ3) is 6.88. The van der Waals surface area contributed by atoms with Crippen LogP contribution in [0.3, 0.4) is 0 Å². The Morgan fingerprint density at radius 1 is 1.03 bits per heavy atom. The second-order valence-corrected chi connectivity index (χ2v) is 9.18. The first-order chi connectivity index (χ1) is 13.3. The van der Waals surface area contributed by atoms with E-state index in [2.05, 4.69) is 13.8 Å². The van der Waals surface area contributed by atoms with Crippen LogP contribution in [-0.2, 0) is 9.59 Å². The van der Waals surface area contributed by atoms with Crippen LogP contribution in [0.4, 0.5) is 13.2 Å². The number of carbonyl (C=O) groups excluding carboxylic acids is 2. The van der Waals surface area contributed by atoms with Crippen LogP contribution in [0.2, 0.25) is 0 Å². The van der Waals surface area contributed by atoms with Crippen molar-refractivity contribution in [1.29, 1.82) is 0 Å². The molecule has 2 heterocycles. The van der Waals surface area contributed by atoms with E-state index >= 15 is 0 Å². The van der Waals surface area contributed by atoms with Gasteiger partial charge in [-0.05, 0) is 11.8 Å². The minimum absolute atomic E-state index is 0.0843. The van der Waals surface area contributed by atoms with E-state index in [0.717, 1.165) is 6.42 Å². The number of nitrogens with zero attached hydrogens (tertiary/aromatic N) is 2. The summed E-state index contributed by atoms with van der Waals surface area (Å²) in [6.45, 7) is 13.2. The Hall–Kier alpha value is -1.27. The van der Waals surface area contributed by atoms with Crippen LogP contribution in [0.15, 0.2) is 0 Å². The zero-order valence-electron chi connectivity index (χ0n) is 19.1. The molecule has 0 saturated carbocycles. The number of halogens is 3. The minimum Gasteiger partial charge on any atom is -0.336 e. The van der Waals surface area contributed by atoms with Crippen LogP contribution >= 0.6 is 0 Å². The Labute approximate surface area is 174 Å². The van der Waals surface area contributed by atoms with Crippen molar-refractivity contribution in [2.45, 2.75) is 98.3 Å². The average molecular weight is 421 g/mol. The molecular formula is C22H39F3N2O2. The highest BCUT2D eigenvalue weighted by molar-refractivity contribution is 5.79. The molecule has 0 N–H and O–H groups in total. The Morgan fingerprint density at radius 3 is 2.07 bits per heavy atom. The van der Waals surface area contributed by atoms with Gasteiger partial charge in [0.1, 0.15) is 6.17 Å². The van der Waals surface area contributed by atoms with Gasteiger partial charge in [0, 0.05) is 37.3 Å². The largest absolute Gasteiger partial charge is 0.336 e. The molecule has 0 aliphatic carbocycles. The zero-order valence-corrected chi connectivity index (χ0v) is 19.1. The van der Waals surface area contributed by atoms with Crippen LogP contribution in [0.5, 0.6) is 0 Å². The maximum atomic E-state index is 13.2. The van der Waals surface area contributed by atoms with Gasteiger partial charge in [-0.2, -0.15) is 0 Å². The van der Waals surface area contributed by atoms with Crippen molar-refractivity contribution in [2.24, 2.45) is 17.8 Å². The number of likely N-dealkylation sites (tertiary alicyclic amines) is 2. The number of hydrogen-bond donors (Lipinski definition) is 0. The molecule has 2 aliphatic rings. The van der Waals surface area contributed by atoms with Gasteiger partial charge >= 0.3 is 0 Å². The number of carbonyl (C=O) groups is 2. The van der Waals surface area contributed by atoms with Crippen molar-refractivity contribution in [1.82, 2.24) is 9.80 Å². The molecule has 2 rings (SSSR count). The first-order valence-electron chi connectivity index (χ1n) is 11.0. The second-order valence-electron chi connectivity index (χ2n) is 9.18. The predicted molar refractivity (Wildman–Crippen MR) is 110 cm³/mol. The Kier molecular flexibility index (Phi) is 9.48. The quantitative estimate of drug-likeness (QED) is 0.634. The summed E-state index contributed by atoms with van der Waals surface area (Å²) in [5.41, 5.74) is 0. The Balaban J connectivity index is 0.000000291. The van der Waals surface area contributed by atoms with Gasteiger partial charge in [-0.15, -0.1) is 0 Å². The summed E-state index contributed by atoms with van der Waals surface area (Å²) in [6, 6.07) is -0.183. The summed E-state index contributed by atoms with van der Waals surface area (Å²) in [7, 11) is 0. The maximum Gasteiger partial charge on any atom is 0.267 e. The summed E-state index contributed by atoms with van der Waals surface area (Å²) < 4.78 is 39.7. The van der Waals surface area contributed by atoms with E-state index in [0.29, 0.717) is 25.3 Å². The van der Waals surface area contributed by atoms with Crippen molar-refractivity contribution in [2.75, 3.05) is 13.1 Å². The molecule has 4 nitrogen and oxygen atoms in total. The molecule has 4 atom stereocenters. The smallest absolute Gasteiger partial charge is 0.267 e. The van der Waals surface area contributed by atoms with Gasteiger partial charge in [-0.1, -0.05) is 54.9 Å². The molecule has 2 fully saturated rings. The molecule has 0 bridgehead atoms. The molecule has 2 amide bonds. The van der Waals surface area contributed by atoms with Gasteiger partial charge in [-0.25, -0.2) is 13.2 Å². The van der Waals surface area contributed by atoms with Crippen molar-refractivity contribution >= 4 is 11.8 Å². The lowest BCUT2D eigenvalue weighted by Crippen LogP contribution is -2.41. The first-order valence-corrected chi connectivity index (χ1v) is 11.0. The van der Waals surface area contributed by atoms with E-state index in [4.69, 9.17) is 0 Å². The van der Waals surface area contributed by atoms with Crippen molar-refractivity contribution in [3.8, 4) is 0 Å². The normalized spacial score (nSPS) is 27.2. The maximum absolute atomic E-state index is 13.2. The van der Waals surface area contributed by atoms with E-state index in [1.165, 1.54) is 4.90 Å². The van der Waals surface area contributed by atoms with E-state index in [-0.39, 0.29) is 42.2 Å². The van der Waals surface area contributed by atoms with Crippen LogP contribution < -0.4 is 0 Å². The fourth-order valence-electron chi connectivity index (χ4n) is 4.13. The third-order valence-electron chi connectivity index (χ3n) is 6.07. The zero-order chi connectivity index (χ0) is 22.5. The summed E-state index contributed by atoms with van der Waals surface area (Å²) >= 11 is 0. The standard InChI is InChI=1S/C11H19F2NO.C11H20FNO/c1-7(2)9-5-11(12,13)6-14(9)10(15)8(3)4;1-4-8(3)10-6-9(12)7-13(10)11(14)5-2/h7-9H,5-6H2,1-4H3;8-10H,4-7H2,1-3H3/t9-;8?,9?,10-/m00/s1. The SMILES string of the molecule is CC(C)C(=O)N1CC(F)(F)C[C@H]1C(C)C.CCC(=O)N1CC(F)C[C@H]1C(C)CC. The van der Waals surface area contributed by atoms with Crippen LogP contribution in [0.25, 0.3) is 0 Å². The van der Waals surface area contributed by atoms with Crippen molar-refractivity contribution in [3.05, 3.63) is 0 Å². The average Bonchev–Trinajstić information content (AvgIpc) is 3.19. The lowest BCUT2D eigenvalue weighted by molar-refractivity contribution is -0.137. The molecular weight excluding hydrogens is 381 g/mol. The van der Waals surface area contributed by atoms with E-state index in [1.54, 1.807) is 18.7 Å². The summed E-state index contributed by atoms with van der Waals surface area (Å²) in [5.74, 6) is -2.49. The molecule has 0 aromatic heterocycles. The van der Waals surface area contributed by atoms with Gasteiger partial charge in [0.25, 0.3) is 5.92 Å².